The van der Waals surface area contributed by atoms with Crippen LogP contribution in [0.2, 0.25) is 0 Å². The number of rotatable bonds is 8. The van der Waals surface area contributed by atoms with E-state index < -0.39 is 0 Å². The van der Waals surface area contributed by atoms with Gasteiger partial charge in [0.25, 0.3) is 0 Å². The smallest absolute Gasteiger partial charge is 0.193 e. The predicted octanol–water partition coefficient (Wildman–Crippen LogP) is 3.57. The van der Waals surface area contributed by atoms with Gasteiger partial charge in [-0.1, -0.05) is 20.3 Å². The Bertz CT molecular complexity index is 349. The molecule has 2 aliphatic rings. The van der Waals surface area contributed by atoms with Crippen LogP contribution in [0.25, 0.3) is 0 Å². The van der Waals surface area contributed by atoms with Gasteiger partial charge < -0.3 is 15.1 Å². The number of likely N-dealkylation sites (tertiary alicyclic amines) is 1. The Kier molecular flexibility index (Phi) is 9.82. The van der Waals surface area contributed by atoms with Crippen molar-refractivity contribution in [2.75, 3.05) is 46.3 Å². The molecular formula is C18H37IN4. The Labute approximate surface area is 160 Å². The molecule has 1 N–H and O–H groups in total. The van der Waals surface area contributed by atoms with Crippen molar-refractivity contribution >= 4 is 29.9 Å². The molecule has 2 rings (SSSR count). The molecule has 1 saturated carbocycles. The van der Waals surface area contributed by atoms with Crippen LogP contribution >= 0.6 is 24.0 Å². The first-order valence-corrected chi connectivity index (χ1v) is 9.41. The largest absolute Gasteiger partial charge is 0.356 e. The number of hydrogen-bond donors (Lipinski definition) is 1. The molecule has 0 atom stereocenters. The van der Waals surface area contributed by atoms with Gasteiger partial charge in [0, 0.05) is 26.7 Å². The summed E-state index contributed by atoms with van der Waals surface area (Å²) in [5.41, 5.74) is 0.649. The lowest BCUT2D eigenvalue weighted by Gasteiger charge is -2.38. The summed E-state index contributed by atoms with van der Waals surface area (Å²) < 4.78 is 0. The van der Waals surface area contributed by atoms with Crippen molar-refractivity contribution in [1.82, 2.24) is 15.1 Å². The van der Waals surface area contributed by atoms with Gasteiger partial charge in [-0.2, -0.15) is 0 Å². The molecule has 0 aromatic rings. The van der Waals surface area contributed by atoms with Gasteiger partial charge >= 0.3 is 0 Å². The van der Waals surface area contributed by atoms with Crippen LogP contribution in [0.4, 0.5) is 0 Å². The van der Waals surface area contributed by atoms with Crippen LogP contribution in [-0.4, -0.2) is 62.1 Å². The molecule has 0 unspecified atom stereocenters. The molecule has 1 heterocycles. The third-order valence-corrected chi connectivity index (χ3v) is 5.38. The predicted molar refractivity (Wildman–Crippen MR) is 111 cm³/mol. The molecule has 0 aromatic heterocycles. The van der Waals surface area contributed by atoms with Crippen LogP contribution in [-0.2, 0) is 0 Å². The summed E-state index contributed by atoms with van der Waals surface area (Å²) in [6.45, 7) is 11.7. The quantitative estimate of drug-likeness (QED) is 0.273. The fraction of sp³-hybridized carbons (Fsp3) is 0.944. The lowest BCUT2D eigenvalue weighted by atomic mass is 9.68. The van der Waals surface area contributed by atoms with Gasteiger partial charge in [0.2, 0.25) is 0 Å². The molecule has 5 heteroatoms. The fourth-order valence-corrected chi connectivity index (χ4v) is 4.00. The van der Waals surface area contributed by atoms with E-state index >= 15 is 0 Å². The Balaban J connectivity index is 0.00000264. The number of nitrogens with one attached hydrogen (secondary N) is 1. The molecule has 2 fully saturated rings. The zero-order valence-corrected chi connectivity index (χ0v) is 17.8. The number of nitrogens with zero attached hydrogens (tertiary/aromatic N) is 3. The first kappa shape index (κ1) is 21.0. The van der Waals surface area contributed by atoms with Crippen molar-refractivity contribution < 1.29 is 0 Å². The number of aliphatic imine (C=N–C) groups is 1. The molecule has 0 bridgehead atoms. The minimum Gasteiger partial charge on any atom is -0.356 e. The molecule has 4 nitrogen and oxygen atoms in total. The Morgan fingerprint density at radius 1 is 1.13 bits per heavy atom. The van der Waals surface area contributed by atoms with E-state index in [1.807, 2.05) is 7.05 Å². The Morgan fingerprint density at radius 3 is 2.30 bits per heavy atom. The second kappa shape index (κ2) is 10.7. The lowest BCUT2D eigenvalue weighted by molar-refractivity contribution is 0.151. The molecule has 0 radical (unpaired) electrons. The minimum absolute atomic E-state index is 0. The summed E-state index contributed by atoms with van der Waals surface area (Å²) in [6, 6.07) is 0. The highest BCUT2D eigenvalue weighted by atomic mass is 127. The van der Waals surface area contributed by atoms with Gasteiger partial charge in [-0.15, -0.1) is 24.0 Å². The van der Waals surface area contributed by atoms with Gasteiger partial charge in [0.05, 0.1) is 0 Å². The van der Waals surface area contributed by atoms with Crippen molar-refractivity contribution in [1.29, 1.82) is 0 Å². The average Bonchev–Trinajstić information content (AvgIpc) is 2.93. The van der Waals surface area contributed by atoms with Crippen LogP contribution in [0.1, 0.15) is 58.8 Å². The molecule has 1 saturated heterocycles. The third-order valence-electron chi connectivity index (χ3n) is 5.38. The number of halogens is 1. The molecule has 1 aliphatic carbocycles. The van der Waals surface area contributed by atoms with E-state index in [4.69, 9.17) is 0 Å². The van der Waals surface area contributed by atoms with Gasteiger partial charge in [-0.25, -0.2) is 0 Å². The van der Waals surface area contributed by atoms with Crippen molar-refractivity contribution in [2.24, 2.45) is 10.4 Å². The van der Waals surface area contributed by atoms with Crippen LogP contribution in [0.5, 0.6) is 0 Å². The highest BCUT2D eigenvalue weighted by Crippen LogP contribution is 2.47. The highest BCUT2D eigenvalue weighted by molar-refractivity contribution is 14.0. The van der Waals surface area contributed by atoms with Crippen molar-refractivity contribution in [2.45, 2.75) is 58.8 Å². The molecule has 23 heavy (non-hydrogen) atoms. The van der Waals surface area contributed by atoms with E-state index in [1.165, 1.54) is 77.7 Å². The summed E-state index contributed by atoms with van der Waals surface area (Å²) in [5, 5.41) is 3.59. The van der Waals surface area contributed by atoms with Crippen molar-refractivity contribution in [3.05, 3.63) is 0 Å². The third kappa shape index (κ3) is 6.07. The number of hydrogen-bond acceptors (Lipinski definition) is 2. The fourth-order valence-electron chi connectivity index (χ4n) is 4.00. The Hall–Kier alpha value is -0.0400. The SMILES string of the molecule is CCCN(CCC)CCCNC(=NC)N1CCC2(CCC2)C1.I. The minimum atomic E-state index is 0. The number of guanidine groups is 1. The van der Waals surface area contributed by atoms with Gasteiger partial charge in [-0.05, 0) is 63.6 Å². The molecule has 0 aromatic carbocycles. The van der Waals surface area contributed by atoms with Gasteiger partial charge in [0.1, 0.15) is 0 Å². The van der Waals surface area contributed by atoms with Crippen LogP contribution in [0.3, 0.4) is 0 Å². The van der Waals surface area contributed by atoms with Crippen molar-refractivity contribution in [3.8, 4) is 0 Å². The molecule has 136 valence electrons. The molecule has 0 amide bonds. The standard InChI is InChI=1S/C18H36N4.HI/c1-4-12-21(13-5-2)14-7-11-20-17(19-3)22-15-10-18(16-22)8-6-9-18;/h4-16H2,1-3H3,(H,19,20);1H. The summed E-state index contributed by atoms with van der Waals surface area (Å²) in [6.07, 6.45) is 9.39. The van der Waals surface area contributed by atoms with E-state index in [1.54, 1.807) is 0 Å². The second-order valence-electron chi connectivity index (χ2n) is 7.19. The molecule has 1 aliphatic heterocycles. The van der Waals surface area contributed by atoms with E-state index in [0.717, 1.165) is 12.5 Å². The maximum absolute atomic E-state index is 4.50. The lowest BCUT2D eigenvalue weighted by Crippen LogP contribution is -2.43. The zero-order chi connectivity index (χ0) is 15.8. The van der Waals surface area contributed by atoms with Crippen molar-refractivity contribution in [3.63, 3.8) is 0 Å². The summed E-state index contributed by atoms with van der Waals surface area (Å²) in [4.78, 5) is 9.57. The maximum Gasteiger partial charge on any atom is 0.193 e. The summed E-state index contributed by atoms with van der Waals surface area (Å²) >= 11 is 0. The Morgan fingerprint density at radius 2 is 1.83 bits per heavy atom. The maximum atomic E-state index is 4.50. The highest BCUT2D eigenvalue weighted by Gasteiger charge is 2.43. The molecular weight excluding hydrogens is 399 g/mol. The van der Waals surface area contributed by atoms with E-state index in [9.17, 15) is 0 Å². The monoisotopic (exact) mass is 436 g/mol. The second-order valence-corrected chi connectivity index (χ2v) is 7.19. The van der Waals surface area contributed by atoms with Gasteiger partial charge in [0.15, 0.2) is 5.96 Å². The van der Waals surface area contributed by atoms with Crippen LogP contribution in [0, 0.1) is 5.41 Å². The summed E-state index contributed by atoms with van der Waals surface area (Å²) in [5.74, 6) is 1.13. The van der Waals surface area contributed by atoms with E-state index in [0.29, 0.717) is 5.41 Å². The first-order chi connectivity index (χ1) is 10.7. The topological polar surface area (TPSA) is 30.9 Å². The zero-order valence-electron chi connectivity index (χ0n) is 15.4. The normalized spacial score (nSPS) is 19.8. The van der Waals surface area contributed by atoms with E-state index in [2.05, 4.69) is 34.0 Å². The van der Waals surface area contributed by atoms with Gasteiger partial charge in [-0.3, -0.25) is 4.99 Å². The van der Waals surface area contributed by atoms with Crippen LogP contribution in [0.15, 0.2) is 4.99 Å². The summed E-state index contributed by atoms with van der Waals surface area (Å²) in [7, 11) is 1.93. The first-order valence-electron chi connectivity index (χ1n) is 9.41. The molecule has 1 spiro atoms. The van der Waals surface area contributed by atoms with Crippen LogP contribution < -0.4 is 5.32 Å². The van der Waals surface area contributed by atoms with E-state index in [-0.39, 0.29) is 24.0 Å². The average molecular weight is 436 g/mol.